The Morgan fingerprint density at radius 2 is 1.95 bits per heavy atom. The van der Waals surface area contributed by atoms with Crippen molar-refractivity contribution in [3.8, 4) is 0 Å². The number of rotatable bonds is 5. The molecule has 2 saturated heterocycles. The largest absolute Gasteiger partial charge is 0.314 e. The predicted octanol–water partition coefficient (Wildman–Crippen LogP) is 1.82. The zero-order valence-electron chi connectivity index (χ0n) is 13.2. The van der Waals surface area contributed by atoms with Gasteiger partial charge < -0.3 is 10.2 Å². The van der Waals surface area contributed by atoms with Gasteiger partial charge >= 0.3 is 0 Å². The average molecular weight is 308 g/mol. The van der Waals surface area contributed by atoms with E-state index >= 15 is 0 Å². The minimum absolute atomic E-state index is 0.923. The third kappa shape index (κ3) is 4.74. The fraction of sp³-hybridized carbons (Fsp3) is 0.812. The van der Waals surface area contributed by atoms with E-state index in [-0.39, 0.29) is 0 Å². The van der Waals surface area contributed by atoms with Crippen molar-refractivity contribution >= 4 is 11.3 Å². The Morgan fingerprint density at radius 3 is 2.71 bits per heavy atom. The lowest BCUT2D eigenvalue weighted by atomic mass is 9.99. The monoisotopic (exact) mass is 308 g/mol. The molecule has 1 aromatic rings. The van der Waals surface area contributed by atoms with E-state index in [0.717, 1.165) is 32.0 Å². The molecule has 1 aromatic heterocycles. The van der Waals surface area contributed by atoms with Gasteiger partial charge in [-0.3, -0.25) is 4.90 Å². The lowest BCUT2D eigenvalue weighted by Gasteiger charge is -2.29. The van der Waals surface area contributed by atoms with E-state index < -0.39 is 0 Å². The highest BCUT2D eigenvalue weighted by molar-refractivity contribution is 7.11. The van der Waals surface area contributed by atoms with E-state index in [2.05, 4.69) is 33.2 Å². The Bertz CT molecular complexity index is 420. The first-order valence-electron chi connectivity index (χ1n) is 8.38. The molecule has 0 bridgehead atoms. The summed E-state index contributed by atoms with van der Waals surface area (Å²) in [7, 11) is 0. The molecular weight excluding hydrogens is 280 g/mol. The van der Waals surface area contributed by atoms with Crippen LogP contribution in [0.25, 0.3) is 0 Å². The van der Waals surface area contributed by atoms with Crippen LogP contribution in [0.3, 0.4) is 0 Å². The van der Waals surface area contributed by atoms with Crippen LogP contribution in [0, 0.1) is 5.92 Å². The molecule has 0 aliphatic carbocycles. The normalized spacial score (nSPS) is 22.7. The summed E-state index contributed by atoms with van der Waals surface area (Å²) in [5.41, 5.74) is 0. The van der Waals surface area contributed by atoms with Gasteiger partial charge in [-0.05, 0) is 31.8 Å². The van der Waals surface area contributed by atoms with E-state index in [1.54, 1.807) is 0 Å². The first kappa shape index (κ1) is 15.4. The molecular formula is C16H28N4S. The summed E-state index contributed by atoms with van der Waals surface area (Å²) in [6, 6.07) is 0. The van der Waals surface area contributed by atoms with Crippen LogP contribution < -0.4 is 5.32 Å². The first-order chi connectivity index (χ1) is 10.3. The molecule has 0 atom stereocenters. The van der Waals surface area contributed by atoms with Gasteiger partial charge in [-0.15, -0.1) is 11.3 Å². The molecule has 1 N–H and O–H groups in total. The summed E-state index contributed by atoms with van der Waals surface area (Å²) in [4.78, 5) is 11.2. The molecule has 4 nitrogen and oxygen atoms in total. The smallest absolute Gasteiger partial charge is 0.0940 e. The van der Waals surface area contributed by atoms with Crippen molar-refractivity contribution in [2.75, 3.05) is 45.8 Å². The van der Waals surface area contributed by atoms with Crippen molar-refractivity contribution in [1.82, 2.24) is 20.1 Å². The van der Waals surface area contributed by atoms with E-state index in [1.807, 2.05) is 11.3 Å². The Hall–Kier alpha value is -0.490. The molecule has 2 aliphatic heterocycles. The van der Waals surface area contributed by atoms with Crippen LogP contribution in [-0.4, -0.2) is 60.6 Å². The molecule has 0 saturated carbocycles. The van der Waals surface area contributed by atoms with E-state index in [4.69, 9.17) is 0 Å². The predicted molar refractivity (Wildman–Crippen MR) is 88.8 cm³/mol. The number of thiazole rings is 1. The number of nitrogens with one attached hydrogen (secondary N) is 1. The molecule has 5 heteroatoms. The van der Waals surface area contributed by atoms with Gasteiger partial charge in [0.15, 0.2) is 0 Å². The molecule has 3 rings (SSSR count). The molecule has 0 amide bonds. The summed E-state index contributed by atoms with van der Waals surface area (Å²) in [6.45, 7) is 11.8. The second-order valence-corrected chi connectivity index (χ2v) is 7.72. The van der Waals surface area contributed by atoms with Gasteiger partial charge in [-0.2, -0.15) is 0 Å². The van der Waals surface area contributed by atoms with Crippen LogP contribution in [0.2, 0.25) is 0 Å². The first-order valence-corrected chi connectivity index (χ1v) is 9.20. The lowest BCUT2D eigenvalue weighted by molar-refractivity contribution is 0.194. The van der Waals surface area contributed by atoms with Crippen molar-refractivity contribution in [3.63, 3.8) is 0 Å². The molecule has 2 aliphatic rings. The summed E-state index contributed by atoms with van der Waals surface area (Å²) in [6.07, 6.45) is 5.96. The Morgan fingerprint density at radius 1 is 1.19 bits per heavy atom. The summed E-state index contributed by atoms with van der Waals surface area (Å²) in [5.74, 6) is 0.923. The number of likely N-dealkylation sites (tertiary alicyclic amines) is 1. The Balaban J connectivity index is 1.42. The van der Waals surface area contributed by atoms with Gasteiger partial charge in [0, 0.05) is 56.8 Å². The molecule has 0 unspecified atom stereocenters. The fourth-order valence-corrected chi connectivity index (χ4v) is 4.12. The van der Waals surface area contributed by atoms with Crippen LogP contribution in [0.15, 0.2) is 6.20 Å². The van der Waals surface area contributed by atoms with Crippen LogP contribution in [-0.2, 0) is 13.0 Å². The molecule has 0 spiro atoms. The zero-order chi connectivity index (χ0) is 14.5. The molecule has 0 aromatic carbocycles. The van der Waals surface area contributed by atoms with Crippen molar-refractivity contribution in [2.24, 2.45) is 5.92 Å². The van der Waals surface area contributed by atoms with Crippen molar-refractivity contribution in [2.45, 2.75) is 32.7 Å². The number of aromatic nitrogens is 1. The van der Waals surface area contributed by atoms with Crippen molar-refractivity contribution < 1.29 is 0 Å². The van der Waals surface area contributed by atoms with E-state index in [9.17, 15) is 0 Å². The quantitative estimate of drug-likeness (QED) is 0.899. The van der Waals surface area contributed by atoms with Crippen LogP contribution in [0.5, 0.6) is 0 Å². The van der Waals surface area contributed by atoms with Crippen molar-refractivity contribution in [3.05, 3.63) is 16.1 Å². The van der Waals surface area contributed by atoms with Crippen LogP contribution >= 0.6 is 11.3 Å². The third-order valence-corrected chi connectivity index (χ3v) is 5.75. The Labute approximate surface area is 132 Å². The molecule has 21 heavy (non-hydrogen) atoms. The van der Waals surface area contributed by atoms with Gasteiger partial charge in [0.2, 0.25) is 0 Å². The molecule has 0 radical (unpaired) electrons. The van der Waals surface area contributed by atoms with Crippen molar-refractivity contribution in [1.29, 1.82) is 0 Å². The zero-order valence-corrected chi connectivity index (χ0v) is 14.0. The third-order valence-electron chi connectivity index (χ3n) is 4.71. The van der Waals surface area contributed by atoms with Crippen LogP contribution in [0.4, 0.5) is 0 Å². The van der Waals surface area contributed by atoms with Gasteiger partial charge in [0.05, 0.1) is 5.01 Å². The average Bonchev–Trinajstić information content (AvgIpc) is 2.95. The Kier molecular flexibility index (Phi) is 5.63. The van der Waals surface area contributed by atoms with E-state index in [1.165, 1.54) is 55.5 Å². The van der Waals surface area contributed by atoms with E-state index in [0.29, 0.717) is 0 Å². The highest BCUT2D eigenvalue weighted by Gasteiger charge is 2.16. The number of nitrogens with zero attached hydrogens (tertiary/aromatic N) is 3. The standard InChI is InChI=1S/C16H28N4S/c1-14-2-7-19(8-3-14)9-4-16-18-12-15(21-16)13-20-10-5-17-6-11-20/h12,14,17H,2-11,13H2,1H3. The minimum Gasteiger partial charge on any atom is -0.314 e. The number of hydrogen-bond donors (Lipinski definition) is 1. The lowest BCUT2D eigenvalue weighted by Crippen LogP contribution is -2.42. The van der Waals surface area contributed by atoms with Gasteiger partial charge in [-0.1, -0.05) is 6.92 Å². The molecule has 118 valence electrons. The second kappa shape index (κ2) is 7.68. The highest BCUT2D eigenvalue weighted by Crippen LogP contribution is 2.19. The second-order valence-electron chi connectivity index (χ2n) is 6.52. The molecule has 2 fully saturated rings. The van der Waals surface area contributed by atoms with Crippen LogP contribution in [0.1, 0.15) is 29.7 Å². The van der Waals surface area contributed by atoms with Gasteiger partial charge in [0.1, 0.15) is 0 Å². The molecule has 3 heterocycles. The maximum atomic E-state index is 4.63. The van der Waals surface area contributed by atoms with Gasteiger partial charge in [0.25, 0.3) is 0 Å². The van der Waals surface area contributed by atoms with Gasteiger partial charge in [-0.25, -0.2) is 4.98 Å². The minimum atomic E-state index is 0.923. The fourth-order valence-electron chi connectivity index (χ4n) is 3.17. The summed E-state index contributed by atoms with van der Waals surface area (Å²) >= 11 is 1.92. The maximum absolute atomic E-state index is 4.63. The maximum Gasteiger partial charge on any atom is 0.0940 e. The SMILES string of the molecule is CC1CCN(CCc2ncc(CN3CCNCC3)s2)CC1. The summed E-state index contributed by atoms with van der Waals surface area (Å²) < 4.78 is 0. The topological polar surface area (TPSA) is 31.4 Å². The number of hydrogen-bond acceptors (Lipinski definition) is 5. The highest BCUT2D eigenvalue weighted by atomic mass is 32.1. The summed E-state index contributed by atoms with van der Waals surface area (Å²) in [5, 5.41) is 4.72. The number of piperidine rings is 1. The number of piperazine rings is 1.